The normalized spacial score (nSPS) is 12.7. The molecule has 0 spiro atoms. The summed E-state index contributed by atoms with van der Waals surface area (Å²) < 4.78 is 16.1. The van der Waals surface area contributed by atoms with Crippen LogP contribution in [0.3, 0.4) is 0 Å². The maximum absolute atomic E-state index is 13.8. The molecule has 0 saturated carbocycles. The Morgan fingerprint density at radius 1 is 1.08 bits per heavy atom. The lowest BCUT2D eigenvalue weighted by atomic mass is 9.96. The zero-order valence-electron chi connectivity index (χ0n) is 22.2. The van der Waals surface area contributed by atoms with Gasteiger partial charge in [-0.3, -0.25) is 10.1 Å². The van der Waals surface area contributed by atoms with Gasteiger partial charge in [0.05, 0.1) is 4.92 Å². The maximum atomic E-state index is 13.8. The molecule has 1 aromatic heterocycles. The van der Waals surface area contributed by atoms with E-state index in [9.17, 15) is 19.3 Å². The van der Waals surface area contributed by atoms with E-state index in [4.69, 9.17) is 4.84 Å². The molecule has 0 N–H and O–H groups in total. The molecular formula is C30H32FN3O4. The average molecular weight is 518 g/mol. The number of carbonyl (C=O) groups is 1. The van der Waals surface area contributed by atoms with Crippen molar-refractivity contribution in [2.45, 2.75) is 59.9 Å². The first-order valence-electron chi connectivity index (χ1n) is 13.0. The van der Waals surface area contributed by atoms with E-state index in [1.165, 1.54) is 19.1 Å². The predicted octanol–water partition coefficient (Wildman–Crippen LogP) is 7.68. The molecule has 8 heteroatoms. The molecule has 0 bridgehead atoms. The van der Waals surface area contributed by atoms with Crippen molar-refractivity contribution in [1.29, 1.82) is 0 Å². The number of nitrogens with zero attached hydrogens (tertiary/aromatic N) is 3. The van der Waals surface area contributed by atoms with Crippen molar-refractivity contribution in [1.82, 2.24) is 4.57 Å². The molecule has 1 unspecified atom stereocenters. The first-order chi connectivity index (χ1) is 18.2. The van der Waals surface area contributed by atoms with Crippen molar-refractivity contribution in [2.75, 3.05) is 0 Å². The van der Waals surface area contributed by atoms with Crippen LogP contribution in [0.25, 0.3) is 21.8 Å². The lowest BCUT2D eigenvalue weighted by Crippen LogP contribution is -2.10. The molecule has 0 saturated heterocycles. The molecule has 4 rings (SSSR count). The third-order valence-electron chi connectivity index (χ3n) is 7.03. The number of hydrogen-bond acceptors (Lipinski definition) is 5. The van der Waals surface area contributed by atoms with Crippen LogP contribution in [-0.2, 0) is 16.2 Å². The molecule has 4 aromatic rings. The fraction of sp³-hybridized carbons (Fsp3) is 0.333. The van der Waals surface area contributed by atoms with Gasteiger partial charge >= 0.3 is 5.97 Å². The monoisotopic (exact) mass is 517 g/mol. The van der Waals surface area contributed by atoms with E-state index >= 15 is 0 Å². The average Bonchev–Trinajstić information content (AvgIpc) is 3.19. The van der Waals surface area contributed by atoms with E-state index in [1.54, 1.807) is 25.1 Å². The predicted molar refractivity (Wildman–Crippen MR) is 148 cm³/mol. The number of carbonyl (C=O) groups excluding carboxylic acids is 1. The van der Waals surface area contributed by atoms with Gasteiger partial charge in [0.15, 0.2) is 0 Å². The van der Waals surface area contributed by atoms with Crippen LogP contribution in [0.15, 0.2) is 59.8 Å². The van der Waals surface area contributed by atoms with E-state index in [0.29, 0.717) is 28.3 Å². The van der Waals surface area contributed by atoms with Gasteiger partial charge in [0.25, 0.3) is 5.69 Å². The lowest BCUT2D eigenvalue weighted by molar-refractivity contribution is -0.384. The summed E-state index contributed by atoms with van der Waals surface area (Å²) in [5.41, 5.74) is 4.18. The third kappa shape index (κ3) is 5.59. The van der Waals surface area contributed by atoms with E-state index in [1.807, 2.05) is 24.3 Å². The second-order valence-corrected chi connectivity index (χ2v) is 9.70. The van der Waals surface area contributed by atoms with Gasteiger partial charge in [0, 0.05) is 58.5 Å². The van der Waals surface area contributed by atoms with Gasteiger partial charge in [-0.05, 0) is 61.2 Å². The first-order valence-corrected chi connectivity index (χ1v) is 13.0. The minimum atomic E-state index is -0.576. The SMILES string of the molecule is CCCCC(CC)Cn1c2ccc(C(=NOC(C)=O)c3ccc(F)cc3C)cc2c2cc([N+](=O)[O-])ccc21. The van der Waals surface area contributed by atoms with Gasteiger partial charge in [-0.25, -0.2) is 9.18 Å². The van der Waals surface area contributed by atoms with Crippen LogP contribution in [0.2, 0.25) is 0 Å². The standard InChI is InChI=1S/C30H32FN3O4/c1-5-7-8-21(6-2)18-33-28-13-9-22(16-26(28)27-17-24(34(36)37)11-14-29(27)33)30(32-38-20(4)35)25-12-10-23(31)15-19(25)3/h9-17,21H,5-8,18H2,1-4H3. The van der Waals surface area contributed by atoms with Crippen LogP contribution in [0.5, 0.6) is 0 Å². The summed E-state index contributed by atoms with van der Waals surface area (Å²) in [4.78, 5) is 27.8. The summed E-state index contributed by atoms with van der Waals surface area (Å²) >= 11 is 0. The maximum Gasteiger partial charge on any atom is 0.332 e. The summed E-state index contributed by atoms with van der Waals surface area (Å²) in [6.45, 7) is 8.21. The Labute approximate surface area is 221 Å². The molecule has 1 heterocycles. The fourth-order valence-electron chi connectivity index (χ4n) is 4.99. The number of rotatable bonds is 10. The van der Waals surface area contributed by atoms with Crippen LogP contribution in [0, 0.1) is 28.8 Å². The Balaban J connectivity index is 1.94. The number of non-ortho nitro benzene ring substituents is 1. The van der Waals surface area contributed by atoms with Crippen molar-refractivity contribution in [3.05, 3.63) is 87.2 Å². The molecule has 0 amide bonds. The molecule has 0 aliphatic heterocycles. The molecule has 38 heavy (non-hydrogen) atoms. The van der Waals surface area contributed by atoms with Crippen molar-refractivity contribution in [3.63, 3.8) is 0 Å². The van der Waals surface area contributed by atoms with E-state index in [-0.39, 0.29) is 11.5 Å². The van der Waals surface area contributed by atoms with Crippen molar-refractivity contribution < 1.29 is 18.9 Å². The van der Waals surface area contributed by atoms with Crippen LogP contribution >= 0.6 is 0 Å². The largest absolute Gasteiger partial charge is 0.340 e. The number of hydrogen-bond donors (Lipinski definition) is 0. The number of benzene rings is 3. The minimum absolute atomic E-state index is 0.0168. The molecule has 0 aliphatic carbocycles. The Morgan fingerprint density at radius 2 is 1.79 bits per heavy atom. The van der Waals surface area contributed by atoms with Crippen LogP contribution < -0.4 is 0 Å². The summed E-state index contributed by atoms with van der Waals surface area (Å²) in [5.74, 6) is -0.475. The Kier molecular flexibility index (Phi) is 8.20. The number of halogens is 1. The number of aromatic nitrogens is 1. The first kappa shape index (κ1) is 27.0. The molecule has 0 radical (unpaired) electrons. The molecule has 0 aliphatic rings. The van der Waals surface area contributed by atoms with Gasteiger partial charge in [-0.1, -0.05) is 44.3 Å². The van der Waals surface area contributed by atoms with Crippen LogP contribution in [0.1, 0.15) is 63.1 Å². The Morgan fingerprint density at radius 3 is 2.42 bits per heavy atom. The van der Waals surface area contributed by atoms with E-state index < -0.39 is 10.9 Å². The van der Waals surface area contributed by atoms with Gasteiger partial charge in [0.1, 0.15) is 11.5 Å². The summed E-state index contributed by atoms with van der Waals surface area (Å²) in [7, 11) is 0. The van der Waals surface area contributed by atoms with Crippen LogP contribution in [0.4, 0.5) is 10.1 Å². The number of aryl methyl sites for hydroxylation is 1. The van der Waals surface area contributed by atoms with Gasteiger partial charge in [-0.15, -0.1) is 0 Å². The molecular weight excluding hydrogens is 485 g/mol. The van der Waals surface area contributed by atoms with Crippen molar-refractivity contribution >= 4 is 39.2 Å². The van der Waals surface area contributed by atoms with Gasteiger partial charge in [0.2, 0.25) is 0 Å². The summed E-state index contributed by atoms with van der Waals surface area (Å²) in [6, 6.07) is 15.1. The quantitative estimate of drug-likeness (QED) is 0.0934. The van der Waals surface area contributed by atoms with Crippen molar-refractivity contribution in [2.24, 2.45) is 11.1 Å². The second-order valence-electron chi connectivity index (χ2n) is 9.70. The fourth-order valence-corrected chi connectivity index (χ4v) is 4.99. The Hall–Kier alpha value is -4.07. The Bertz CT molecular complexity index is 1540. The number of oxime groups is 1. The van der Waals surface area contributed by atoms with E-state index in [0.717, 1.165) is 54.0 Å². The zero-order valence-corrected chi connectivity index (χ0v) is 22.2. The smallest absolute Gasteiger partial charge is 0.332 e. The topological polar surface area (TPSA) is 86.7 Å². The number of nitro benzene ring substituents is 1. The number of nitro groups is 1. The van der Waals surface area contributed by atoms with Gasteiger partial charge < -0.3 is 9.40 Å². The van der Waals surface area contributed by atoms with E-state index in [2.05, 4.69) is 23.6 Å². The van der Waals surface area contributed by atoms with Crippen LogP contribution in [-0.4, -0.2) is 21.2 Å². The number of unbranched alkanes of at least 4 members (excludes halogenated alkanes) is 1. The molecule has 1 atom stereocenters. The molecule has 7 nitrogen and oxygen atoms in total. The molecule has 0 fully saturated rings. The highest BCUT2D eigenvalue weighted by molar-refractivity contribution is 6.17. The zero-order chi connectivity index (χ0) is 27.4. The number of fused-ring (bicyclic) bond motifs is 3. The lowest BCUT2D eigenvalue weighted by Gasteiger charge is -2.17. The van der Waals surface area contributed by atoms with Crippen molar-refractivity contribution in [3.8, 4) is 0 Å². The summed E-state index contributed by atoms with van der Waals surface area (Å²) in [6.07, 6.45) is 4.43. The third-order valence-corrected chi connectivity index (χ3v) is 7.03. The molecule has 3 aromatic carbocycles. The molecule has 198 valence electrons. The highest BCUT2D eigenvalue weighted by Crippen LogP contribution is 2.34. The highest BCUT2D eigenvalue weighted by Gasteiger charge is 2.20. The highest BCUT2D eigenvalue weighted by atomic mass is 19.1. The second kappa shape index (κ2) is 11.5. The minimum Gasteiger partial charge on any atom is -0.340 e. The summed E-state index contributed by atoms with van der Waals surface area (Å²) in [5, 5.41) is 17.3. The van der Waals surface area contributed by atoms with Gasteiger partial charge in [-0.2, -0.15) is 0 Å².